The number of nitro benzene ring substituents is 1. The average Bonchev–Trinajstić information content (AvgIpc) is 2.34. The monoisotopic (exact) mass is 308 g/mol. The van der Waals surface area contributed by atoms with E-state index in [0.29, 0.717) is 10.0 Å². The molecule has 0 aliphatic carbocycles. The van der Waals surface area contributed by atoms with Crippen LogP contribution in [0.3, 0.4) is 0 Å². The minimum absolute atomic E-state index is 0.000119. The smallest absolute Gasteiger partial charge is 0.275 e. The van der Waals surface area contributed by atoms with Gasteiger partial charge in [-0.1, -0.05) is 22.0 Å². The van der Waals surface area contributed by atoms with E-state index >= 15 is 0 Å². The highest BCUT2D eigenvalue weighted by Gasteiger charge is 2.14. The molecular weight excluding hydrogens is 300 g/mol. The van der Waals surface area contributed by atoms with Crippen LogP contribution in [0.5, 0.6) is 0 Å². The third-order valence-corrected chi connectivity index (χ3v) is 2.98. The zero-order valence-electron chi connectivity index (χ0n) is 9.25. The number of nitro groups is 1. The first-order valence-corrected chi connectivity index (χ1v) is 5.95. The molecule has 0 bridgehead atoms. The van der Waals surface area contributed by atoms with Crippen molar-refractivity contribution in [1.29, 1.82) is 0 Å². The Balaban J connectivity index is 2.44. The van der Waals surface area contributed by atoms with Gasteiger partial charge in [0.05, 0.1) is 11.5 Å². The van der Waals surface area contributed by atoms with Gasteiger partial charge in [0, 0.05) is 28.4 Å². The summed E-state index contributed by atoms with van der Waals surface area (Å²) in [5.74, 6) is 0. The van der Waals surface area contributed by atoms with E-state index in [1.54, 1.807) is 30.5 Å². The molecule has 1 heterocycles. The second kappa shape index (κ2) is 5.14. The van der Waals surface area contributed by atoms with E-state index in [1.807, 2.05) is 0 Å². The highest BCUT2D eigenvalue weighted by atomic mass is 79.9. The Morgan fingerprint density at radius 2 is 2.06 bits per heavy atom. The highest BCUT2D eigenvalue weighted by molar-refractivity contribution is 9.10. The predicted molar refractivity (Wildman–Crippen MR) is 70.6 cm³/mol. The molecule has 2 aromatic rings. The maximum atomic E-state index is 11.6. The molecule has 0 spiro atoms. The van der Waals surface area contributed by atoms with Gasteiger partial charge in [0.25, 0.3) is 11.2 Å². The molecular formula is C12H9BrN2O3. The molecule has 0 aliphatic heterocycles. The first-order valence-electron chi connectivity index (χ1n) is 5.16. The normalized spacial score (nSPS) is 10.3. The number of hydrogen-bond donors (Lipinski definition) is 0. The average molecular weight is 309 g/mol. The van der Waals surface area contributed by atoms with Crippen LogP contribution in [0.15, 0.2) is 51.9 Å². The standard InChI is InChI=1S/C12H9BrN2O3/c13-10-5-4-9(11(7-10)15(17)18)8-14-6-2-1-3-12(14)16/h1-7H,8H2. The molecule has 18 heavy (non-hydrogen) atoms. The van der Waals surface area contributed by atoms with E-state index in [1.165, 1.54) is 16.7 Å². The minimum atomic E-state index is -0.450. The van der Waals surface area contributed by atoms with E-state index in [0.717, 1.165) is 0 Å². The molecule has 0 atom stereocenters. The van der Waals surface area contributed by atoms with Gasteiger partial charge in [-0.2, -0.15) is 0 Å². The van der Waals surface area contributed by atoms with Crippen LogP contribution in [0, 0.1) is 10.1 Å². The summed E-state index contributed by atoms with van der Waals surface area (Å²) >= 11 is 3.19. The molecule has 0 amide bonds. The summed E-state index contributed by atoms with van der Waals surface area (Å²) in [5.41, 5.74) is 0.311. The van der Waals surface area contributed by atoms with Crippen LogP contribution in [-0.2, 0) is 6.54 Å². The Bertz CT molecular complexity index is 652. The lowest BCUT2D eigenvalue weighted by molar-refractivity contribution is -0.385. The quantitative estimate of drug-likeness (QED) is 0.646. The Labute approximate surface area is 111 Å². The van der Waals surface area contributed by atoms with Crippen molar-refractivity contribution in [2.75, 3.05) is 0 Å². The van der Waals surface area contributed by atoms with Crippen molar-refractivity contribution in [1.82, 2.24) is 4.57 Å². The minimum Gasteiger partial charge on any atom is -0.311 e. The maximum absolute atomic E-state index is 11.6. The lowest BCUT2D eigenvalue weighted by Crippen LogP contribution is -2.18. The summed E-state index contributed by atoms with van der Waals surface area (Å²) in [6, 6.07) is 9.56. The molecule has 0 unspecified atom stereocenters. The molecule has 0 fully saturated rings. The van der Waals surface area contributed by atoms with Crippen molar-refractivity contribution in [2.24, 2.45) is 0 Å². The molecule has 0 N–H and O–H groups in total. The van der Waals surface area contributed by atoms with E-state index < -0.39 is 4.92 Å². The second-order valence-corrected chi connectivity index (χ2v) is 4.61. The van der Waals surface area contributed by atoms with Crippen molar-refractivity contribution < 1.29 is 4.92 Å². The van der Waals surface area contributed by atoms with Crippen molar-refractivity contribution in [3.8, 4) is 0 Å². The molecule has 2 rings (SSSR count). The van der Waals surface area contributed by atoms with Gasteiger partial charge in [-0.15, -0.1) is 0 Å². The van der Waals surface area contributed by atoms with Crippen LogP contribution in [-0.4, -0.2) is 9.49 Å². The molecule has 6 heteroatoms. The van der Waals surface area contributed by atoms with Crippen LogP contribution in [0.2, 0.25) is 0 Å². The molecule has 0 radical (unpaired) electrons. The van der Waals surface area contributed by atoms with Crippen molar-refractivity contribution >= 4 is 21.6 Å². The van der Waals surface area contributed by atoms with Crippen LogP contribution in [0.4, 0.5) is 5.69 Å². The Morgan fingerprint density at radius 1 is 1.28 bits per heavy atom. The van der Waals surface area contributed by atoms with Gasteiger partial charge in [0.2, 0.25) is 0 Å². The first kappa shape index (κ1) is 12.5. The van der Waals surface area contributed by atoms with Crippen molar-refractivity contribution in [3.05, 3.63) is 73.1 Å². The Kier molecular flexibility index (Phi) is 3.57. The first-order chi connectivity index (χ1) is 8.58. The van der Waals surface area contributed by atoms with E-state index in [4.69, 9.17) is 0 Å². The summed E-state index contributed by atoms with van der Waals surface area (Å²) in [6.07, 6.45) is 1.61. The summed E-state index contributed by atoms with van der Waals surface area (Å²) in [4.78, 5) is 22.1. The lowest BCUT2D eigenvalue weighted by Gasteiger charge is -2.06. The van der Waals surface area contributed by atoms with Gasteiger partial charge in [-0.3, -0.25) is 14.9 Å². The number of nitrogens with zero attached hydrogens (tertiary/aromatic N) is 2. The molecule has 0 saturated heterocycles. The second-order valence-electron chi connectivity index (χ2n) is 3.70. The highest BCUT2D eigenvalue weighted by Crippen LogP contribution is 2.23. The van der Waals surface area contributed by atoms with Gasteiger partial charge in [-0.05, 0) is 18.2 Å². The van der Waals surface area contributed by atoms with Gasteiger partial charge in [0.15, 0.2) is 0 Å². The van der Waals surface area contributed by atoms with E-state index in [2.05, 4.69) is 15.9 Å². The summed E-state index contributed by atoms with van der Waals surface area (Å²) in [6.45, 7) is 0.184. The maximum Gasteiger partial charge on any atom is 0.275 e. The number of aromatic nitrogens is 1. The lowest BCUT2D eigenvalue weighted by atomic mass is 10.2. The topological polar surface area (TPSA) is 65.1 Å². The number of hydrogen-bond acceptors (Lipinski definition) is 3. The Morgan fingerprint density at radius 3 is 2.72 bits per heavy atom. The third kappa shape index (κ3) is 2.65. The van der Waals surface area contributed by atoms with Crippen LogP contribution < -0.4 is 5.56 Å². The zero-order chi connectivity index (χ0) is 13.1. The van der Waals surface area contributed by atoms with Gasteiger partial charge >= 0.3 is 0 Å². The molecule has 0 saturated carbocycles. The zero-order valence-corrected chi connectivity index (χ0v) is 10.8. The van der Waals surface area contributed by atoms with Crippen LogP contribution in [0.25, 0.3) is 0 Å². The van der Waals surface area contributed by atoms with E-state index in [-0.39, 0.29) is 17.8 Å². The van der Waals surface area contributed by atoms with Crippen molar-refractivity contribution in [3.63, 3.8) is 0 Å². The number of pyridine rings is 1. The third-order valence-electron chi connectivity index (χ3n) is 2.48. The molecule has 1 aromatic carbocycles. The summed E-state index contributed by atoms with van der Waals surface area (Å²) in [7, 11) is 0. The van der Waals surface area contributed by atoms with E-state index in [9.17, 15) is 14.9 Å². The fraction of sp³-hybridized carbons (Fsp3) is 0.0833. The molecule has 92 valence electrons. The number of rotatable bonds is 3. The van der Waals surface area contributed by atoms with Crippen molar-refractivity contribution in [2.45, 2.75) is 6.54 Å². The van der Waals surface area contributed by atoms with Crippen LogP contribution >= 0.6 is 15.9 Å². The van der Waals surface area contributed by atoms with Gasteiger partial charge in [-0.25, -0.2) is 0 Å². The Hall–Kier alpha value is -1.95. The van der Waals surface area contributed by atoms with Crippen LogP contribution in [0.1, 0.15) is 5.56 Å². The predicted octanol–water partition coefficient (Wildman–Crippen LogP) is 2.57. The molecule has 1 aromatic heterocycles. The largest absolute Gasteiger partial charge is 0.311 e. The van der Waals surface area contributed by atoms with Gasteiger partial charge < -0.3 is 4.57 Å². The number of halogens is 1. The molecule has 5 nitrogen and oxygen atoms in total. The summed E-state index contributed by atoms with van der Waals surface area (Å²) in [5, 5.41) is 10.9. The SMILES string of the molecule is O=c1ccccn1Cc1ccc(Br)cc1[N+](=O)[O-]. The molecule has 0 aliphatic rings. The fourth-order valence-electron chi connectivity index (χ4n) is 1.62. The summed E-state index contributed by atoms with van der Waals surface area (Å²) < 4.78 is 2.06. The number of benzene rings is 1. The fourth-order valence-corrected chi connectivity index (χ4v) is 1.96. The van der Waals surface area contributed by atoms with Gasteiger partial charge in [0.1, 0.15) is 0 Å².